The predicted molar refractivity (Wildman–Crippen MR) is 91.3 cm³/mol. The molecule has 0 spiro atoms. The molecule has 0 bridgehead atoms. The molecule has 3 N–H and O–H groups in total. The Hall–Kier alpha value is -2.64. The second kappa shape index (κ2) is 6.86. The van der Waals surface area contributed by atoms with Gasteiger partial charge in [0.1, 0.15) is 11.5 Å². The van der Waals surface area contributed by atoms with Crippen molar-refractivity contribution in [2.24, 2.45) is 5.84 Å². The second-order valence-electron chi connectivity index (χ2n) is 4.98. The van der Waals surface area contributed by atoms with Crippen LogP contribution in [-0.2, 0) is 4.79 Å². The van der Waals surface area contributed by atoms with E-state index in [1.807, 2.05) is 29.7 Å². The van der Waals surface area contributed by atoms with Gasteiger partial charge in [0, 0.05) is 10.5 Å². The highest BCUT2D eigenvalue weighted by Crippen LogP contribution is 2.35. The molecule has 0 radical (unpaired) electrons. The Balaban J connectivity index is 1.82. The summed E-state index contributed by atoms with van der Waals surface area (Å²) < 4.78 is 11.8. The van der Waals surface area contributed by atoms with Gasteiger partial charge < -0.3 is 9.47 Å². The van der Waals surface area contributed by atoms with Crippen LogP contribution in [0.1, 0.15) is 15.9 Å². The Labute approximate surface area is 146 Å². The first-order chi connectivity index (χ1) is 11.6. The summed E-state index contributed by atoms with van der Waals surface area (Å²) in [6.07, 6.45) is 1.68. The number of ketones is 1. The highest BCUT2D eigenvalue weighted by atomic mass is 79.9. The summed E-state index contributed by atoms with van der Waals surface area (Å²) in [7, 11) is 0. The maximum absolute atomic E-state index is 12.4. The number of ether oxygens (including phenoxy) is 2. The van der Waals surface area contributed by atoms with Crippen molar-refractivity contribution in [1.82, 2.24) is 5.43 Å². The number of benzene rings is 2. The molecule has 2 aromatic rings. The SMILES string of the molecule is NNC(=O)COc1ccc2c(c1)OC(=Cc1ccccc1Br)C2=O. The molecular formula is C17H13BrN2O4. The molecule has 1 heterocycles. The van der Waals surface area contributed by atoms with E-state index in [2.05, 4.69) is 15.9 Å². The number of rotatable bonds is 4. The number of hydrogen-bond acceptors (Lipinski definition) is 5. The molecule has 0 saturated heterocycles. The molecule has 1 amide bonds. The molecule has 24 heavy (non-hydrogen) atoms. The Kier molecular flexibility index (Phi) is 4.64. The Morgan fingerprint density at radius 1 is 1.29 bits per heavy atom. The van der Waals surface area contributed by atoms with Gasteiger partial charge in [-0.05, 0) is 29.8 Å². The van der Waals surface area contributed by atoms with E-state index in [0.29, 0.717) is 17.1 Å². The van der Waals surface area contributed by atoms with Crippen LogP contribution in [0.3, 0.4) is 0 Å². The third-order valence-corrected chi connectivity index (χ3v) is 4.09. The standard InChI is InChI=1S/C17H13BrN2O4/c18-13-4-2-1-3-10(13)7-15-17(22)12-6-5-11(8-14(12)24-15)23-9-16(21)20-19/h1-8H,9,19H2,(H,20,21). The number of allylic oxidation sites excluding steroid dienone is 1. The molecule has 1 aliphatic heterocycles. The summed E-state index contributed by atoms with van der Waals surface area (Å²) in [6, 6.07) is 12.3. The normalized spacial score (nSPS) is 14.2. The second-order valence-corrected chi connectivity index (χ2v) is 5.83. The zero-order chi connectivity index (χ0) is 17.1. The number of nitrogens with two attached hydrogens (primary N) is 1. The Morgan fingerprint density at radius 2 is 2.08 bits per heavy atom. The largest absolute Gasteiger partial charge is 0.484 e. The number of carbonyl (C=O) groups excluding carboxylic acids is 2. The van der Waals surface area contributed by atoms with E-state index >= 15 is 0 Å². The number of hydrogen-bond donors (Lipinski definition) is 2. The van der Waals surface area contributed by atoms with E-state index < -0.39 is 5.91 Å². The average Bonchev–Trinajstić information content (AvgIpc) is 2.90. The van der Waals surface area contributed by atoms with Crippen LogP contribution in [0.2, 0.25) is 0 Å². The number of hydrazine groups is 1. The van der Waals surface area contributed by atoms with E-state index in [1.54, 1.807) is 24.3 Å². The van der Waals surface area contributed by atoms with Gasteiger partial charge in [-0.2, -0.15) is 0 Å². The number of fused-ring (bicyclic) bond motifs is 1. The van der Waals surface area contributed by atoms with Gasteiger partial charge in [0.05, 0.1) is 5.56 Å². The van der Waals surface area contributed by atoms with Crippen molar-refractivity contribution in [2.45, 2.75) is 0 Å². The summed E-state index contributed by atoms with van der Waals surface area (Å²) in [5.74, 6) is 5.36. The van der Waals surface area contributed by atoms with Crippen molar-refractivity contribution in [3.05, 3.63) is 63.8 Å². The molecule has 2 aromatic carbocycles. The Morgan fingerprint density at radius 3 is 2.83 bits per heavy atom. The van der Waals surface area contributed by atoms with E-state index in [0.717, 1.165) is 10.0 Å². The van der Waals surface area contributed by atoms with Crippen molar-refractivity contribution in [1.29, 1.82) is 0 Å². The van der Waals surface area contributed by atoms with Crippen molar-refractivity contribution in [3.63, 3.8) is 0 Å². The molecule has 0 aromatic heterocycles. The fourth-order valence-corrected chi connectivity index (χ4v) is 2.58. The molecule has 0 aliphatic carbocycles. The average molecular weight is 389 g/mol. The van der Waals surface area contributed by atoms with Gasteiger partial charge in [0.2, 0.25) is 5.78 Å². The monoisotopic (exact) mass is 388 g/mol. The molecule has 3 rings (SSSR count). The fraction of sp³-hybridized carbons (Fsp3) is 0.0588. The van der Waals surface area contributed by atoms with Gasteiger partial charge in [-0.3, -0.25) is 15.0 Å². The minimum atomic E-state index is -0.456. The van der Waals surface area contributed by atoms with Gasteiger partial charge in [0.25, 0.3) is 5.91 Å². The first-order valence-corrected chi connectivity index (χ1v) is 7.83. The molecule has 6 nitrogen and oxygen atoms in total. The molecule has 0 fully saturated rings. The summed E-state index contributed by atoms with van der Waals surface area (Å²) in [5, 5.41) is 0. The van der Waals surface area contributed by atoms with Crippen LogP contribution in [-0.4, -0.2) is 18.3 Å². The summed E-state index contributed by atoms with van der Waals surface area (Å²) in [4.78, 5) is 23.5. The minimum absolute atomic E-state index is 0.202. The molecule has 1 aliphatic rings. The van der Waals surface area contributed by atoms with Crippen LogP contribution in [0, 0.1) is 0 Å². The minimum Gasteiger partial charge on any atom is -0.484 e. The van der Waals surface area contributed by atoms with Crippen molar-refractivity contribution < 1.29 is 19.1 Å². The third-order valence-electron chi connectivity index (χ3n) is 3.36. The molecular weight excluding hydrogens is 376 g/mol. The smallest absolute Gasteiger partial charge is 0.271 e. The topological polar surface area (TPSA) is 90.7 Å². The van der Waals surface area contributed by atoms with Gasteiger partial charge in [-0.15, -0.1) is 0 Å². The lowest BCUT2D eigenvalue weighted by atomic mass is 10.1. The van der Waals surface area contributed by atoms with E-state index in [-0.39, 0.29) is 18.1 Å². The number of Topliss-reactive ketones (excluding diaryl/α,β-unsaturated/α-hetero) is 1. The maximum atomic E-state index is 12.4. The van der Waals surface area contributed by atoms with E-state index in [1.165, 1.54) is 0 Å². The molecule has 0 saturated carbocycles. The highest BCUT2D eigenvalue weighted by molar-refractivity contribution is 9.10. The van der Waals surface area contributed by atoms with Crippen molar-refractivity contribution in [2.75, 3.05) is 6.61 Å². The molecule has 0 atom stereocenters. The maximum Gasteiger partial charge on any atom is 0.271 e. The highest BCUT2D eigenvalue weighted by Gasteiger charge is 2.28. The van der Waals surface area contributed by atoms with Crippen LogP contribution >= 0.6 is 15.9 Å². The number of carbonyl (C=O) groups is 2. The molecule has 7 heteroatoms. The summed E-state index contributed by atoms with van der Waals surface area (Å²) in [5.41, 5.74) is 3.26. The van der Waals surface area contributed by atoms with Crippen LogP contribution < -0.4 is 20.7 Å². The quantitative estimate of drug-likeness (QED) is 0.363. The number of halogens is 1. The van der Waals surface area contributed by atoms with Crippen molar-refractivity contribution in [3.8, 4) is 11.5 Å². The van der Waals surface area contributed by atoms with Gasteiger partial charge >= 0.3 is 0 Å². The number of amides is 1. The first-order valence-electron chi connectivity index (χ1n) is 7.03. The van der Waals surface area contributed by atoms with Crippen LogP contribution in [0.5, 0.6) is 11.5 Å². The zero-order valence-electron chi connectivity index (χ0n) is 12.4. The molecule has 122 valence electrons. The number of nitrogens with one attached hydrogen (secondary N) is 1. The lowest BCUT2D eigenvalue weighted by Gasteiger charge is -2.06. The lowest BCUT2D eigenvalue weighted by Crippen LogP contribution is -2.34. The van der Waals surface area contributed by atoms with Gasteiger partial charge in [-0.1, -0.05) is 34.1 Å². The Bertz CT molecular complexity index is 848. The van der Waals surface area contributed by atoms with Crippen LogP contribution in [0.15, 0.2) is 52.7 Å². The summed E-state index contributed by atoms with van der Waals surface area (Å²) >= 11 is 3.43. The first kappa shape index (κ1) is 16.2. The van der Waals surface area contributed by atoms with Crippen LogP contribution in [0.4, 0.5) is 0 Å². The zero-order valence-corrected chi connectivity index (χ0v) is 14.0. The van der Waals surface area contributed by atoms with Crippen molar-refractivity contribution >= 4 is 33.7 Å². The lowest BCUT2D eigenvalue weighted by molar-refractivity contribution is -0.123. The third kappa shape index (κ3) is 3.32. The summed E-state index contributed by atoms with van der Waals surface area (Å²) in [6.45, 7) is -0.219. The molecule has 0 unspecified atom stereocenters. The van der Waals surface area contributed by atoms with Crippen LogP contribution in [0.25, 0.3) is 6.08 Å². The van der Waals surface area contributed by atoms with E-state index in [4.69, 9.17) is 15.3 Å². The predicted octanol–water partition coefficient (Wildman–Crippen LogP) is 2.43. The van der Waals surface area contributed by atoms with Gasteiger partial charge in [0.15, 0.2) is 12.4 Å². The van der Waals surface area contributed by atoms with E-state index in [9.17, 15) is 9.59 Å². The van der Waals surface area contributed by atoms with Gasteiger partial charge in [-0.25, -0.2) is 5.84 Å². The fourth-order valence-electron chi connectivity index (χ4n) is 2.18.